The third-order valence-electron chi connectivity index (χ3n) is 2.94. The van der Waals surface area contributed by atoms with Gasteiger partial charge in [-0.25, -0.2) is 4.98 Å². The van der Waals surface area contributed by atoms with Crippen molar-refractivity contribution in [2.45, 2.75) is 32.7 Å². The molecular weight excluding hydrogens is 274 g/mol. The van der Waals surface area contributed by atoms with E-state index >= 15 is 0 Å². The van der Waals surface area contributed by atoms with Gasteiger partial charge in [0.2, 0.25) is 0 Å². The van der Waals surface area contributed by atoms with Gasteiger partial charge in [0.15, 0.2) is 0 Å². The van der Waals surface area contributed by atoms with Gasteiger partial charge in [-0.3, -0.25) is 10.1 Å². The molecule has 1 heterocycles. The Bertz CT molecular complexity index is 593. The minimum Gasteiger partial charge on any atom is -0.377 e. The first-order chi connectivity index (χ1) is 9.47. The molecule has 1 N–H and O–H groups in total. The number of nitro groups is 1. The van der Waals surface area contributed by atoms with Crippen molar-refractivity contribution < 1.29 is 4.92 Å². The number of anilines is 1. The van der Waals surface area contributed by atoms with E-state index in [1.54, 1.807) is 23.5 Å². The second-order valence-corrected chi connectivity index (χ2v) is 5.82. The van der Waals surface area contributed by atoms with Crippen molar-refractivity contribution in [2.75, 3.05) is 5.32 Å². The lowest BCUT2D eigenvalue weighted by molar-refractivity contribution is -0.384. The van der Waals surface area contributed by atoms with E-state index in [4.69, 9.17) is 0 Å². The van der Waals surface area contributed by atoms with Crippen LogP contribution in [-0.4, -0.2) is 9.91 Å². The second-order valence-electron chi connectivity index (χ2n) is 4.94. The first-order valence-corrected chi connectivity index (χ1v) is 7.31. The van der Waals surface area contributed by atoms with E-state index in [2.05, 4.69) is 29.5 Å². The quantitative estimate of drug-likeness (QED) is 0.657. The summed E-state index contributed by atoms with van der Waals surface area (Å²) in [7, 11) is 0. The third kappa shape index (κ3) is 3.33. The zero-order valence-corrected chi connectivity index (χ0v) is 12.5. The Kier molecular flexibility index (Phi) is 4.34. The first-order valence-electron chi connectivity index (χ1n) is 6.43. The Labute approximate surface area is 121 Å². The van der Waals surface area contributed by atoms with Crippen molar-refractivity contribution in [2.24, 2.45) is 0 Å². The molecule has 106 valence electrons. The number of nitrogens with zero attached hydrogens (tertiary/aromatic N) is 2. The van der Waals surface area contributed by atoms with Crippen LogP contribution in [0.2, 0.25) is 0 Å². The lowest BCUT2D eigenvalue weighted by Gasteiger charge is -2.12. The summed E-state index contributed by atoms with van der Waals surface area (Å²) in [5.41, 5.74) is 1.94. The van der Waals surface area contributed by atoms with Gasteiger partial charge < -0.3 is 5.32 Å². The molecule has 0 aliphatic rings. The smallest absolute Gasteiger partial charge is 0.269 e. The minimum absolute atomic E-state index is 0.0696. The van der Waals surface area contributed by atoms with Gasteiger partial charge in [0.25, 0.3) is 5.69 Å². The van der Waals surface area contributed by atoms with E-state index in [1.165, 1.54) is 12.1 Å². The van der Waals surface area contributed by atoms with Crippen LogP contribution in [0.15, 0.2) is 29.6 Å². The van der Waals surface area contributed by atoms with Gasteiger partial charge >= 0.3 is 0 Å². The second kappa shape index (κ2) is 6.00. The number of hydrogen-bond acceptors (Lipinski definition) is 5. The Balaban J connectivity index is 2.06. The van der Waals surface area contributed by atoms with Gasteiger partial charge in [0, 0.05) is 29.1 Å². The van der Waals surface area contributed by atoms with Crippen molar-refractivity contribution in [1.82, 2.24) is 4.98 Å². The highest BCUT2D eigenvalue weighted by Crippen LogP contribution is 2.25. The molecule has 5 nitrogen and oxygen atoms in total. The van der Waals surface area contributed by atoms with Crippen LogP contribution >= 0.6 is 11.3 Å². The van der Waals surface area contributed by atoms with Crippen LogP contribution in [0.5, 0.6) is 0 Å². The SMILES string of the molecule is CC(C)c1nc(C(C)Nc2ccc([N+](=O)[O-])cc2)cs1. The van der Waals surface area contributed by atoms with Crippen LogP contribution in [0.1, 0.15) is 43.4 Å². The molecule has 0 saturated heterocycles. The predicted molar refractivity (Wildman–Crippen MR) is 81.3 cm³/mol. The molecule has 0 aliphatic carbocycles. The molecule has 0 radical (unpaired) electrons. The summed E-state index contributed by atoms with van der Waals surface area (Å²) in [4.78, 5) is 14.8. The molecule has 2 rings (SSSR count). The molecule has 0 aliphatic heterocycles. The largest absolute Gasteiger partial charge is 0.377 e. The molecule has 0 saturated carbocycles. The Morgan fingerprint density at radius 1 is 1.25 bits per heavy atom. The van der Waals surface area contributed by atoms with Crippen LogP contribution in [-0.2, 0) is 0 Å². The summed E-state index contributed by atoms with van der Waals surface area (Å²) in [5.74, 6) is 0.431. The molecule has 0 bridgehead atoms. The van der Waals surface area contributed by atoms with Crippen molar-refractivity contribution in [1.29, 1.82) is 0 Å². The van der Waals surface area contributed by atoms with Crippen LogP contribution in [0.3, 0.4) is 0 Å². The number of aromatic nitrogens is 1. The van der Waals surface area contributed by atoms with Gasteiger partial charge in [-0.05, 0) is 19.1 Å². The van der Waals surface area contributed by atoms with Crippen molar-refractivity contribution >= 4 is 22.7 Å². The number of non-ortho nitro benzene ring substituents is 1. The molecule has 2 aromatic rings. The Hall–Kier alpha value is -1.95. The van der Waals surface area contributed by atoms with Gasteiger partial charge in [0.1, 0.15) is 0 Å². The van der Waals surface area contributed by atoms with E-state index in [9.17, 15) is 10.1 Å². The maximum atomic E-state index is 10.6. The highest BCUT2D eigenvalue weighted by atomic mass is 32.1. The summed E-state index contributed by atoms with van der Waals surface area (Å²) >= 11 is 1.66. The number of benzene rings is 1. The average Bonchev–Trinajstić information content (AvgIpc) is 2.89. The number of nitro benzene ring substituents is 1. The molecule has 0 fully saturated rings. The lowest BCUT2D eigenvalue weighted by atomic mass is 10.2. The predicted octanol–water partition coefficient (Wildman–Crippen LogP) is 4.35. The molecule has 6 heteroatoms. The highest BCUT2D eigenvalue weighted by Gasteiger charge is 2.12. The molecule has 1 aromatic heterocycles. The maximum Gasteiger partial charge on any atom is 0.269 e. The number of nitrogens with one attached hydrogen (secondary N) is 1. The normalized spacial score (nSPS) is 12.4. The summed E-state index contributed by atoms with van der Waals surface area (Å²) in [6, 6.07) is 6.49. The fourth-order valence-electron chi connectivity index (χ4n) is 1.77. The van der Waals surface area contributed by atoms with E-state index in [-0.39, 0.29) is 11.7 Å². The van der Waals surface area contributed by atoms with Crippen LogP contribution in [0.4, 0.5) is 11.4 Å². The van der Waals surface area contributed by atoms with Gasteiger partial charge in [0.05, 0.1) is 21.7 Å². The van der Waals surface area contributed by atoms with Crippen molar-refractivity contribution in [3.8, 4) is 0 Å². The monoisotopic (exact) mass is 291 g/mol. The summed E-state index contributed by atoms with van der Waals surface area (Å²) in [5, 5.41) is 17.1. The summed E-state index contributed by atoms with van der Waals surface area (Å²) < 4.78 is 0. The van der Waals surface area contributed by atoms with E-state index in [0.29, 0.717) is 5.92 Å². The van der Waals surface area contributed by atoms with E-state index < -0.39 is 4.92 Å². The van der Waals surface area contributed by atoms with Crippen LogP contribution in [0.25, 0.3) is 0 Å². The van der Waals surface area contributed by atoms with Crippen molar-refractivity contribution in [3.63, 3.8) is 0 Å². The van der Waals surface area contributed by atoms with Gasteiger partial charge in [-0.1, -0.05) is 13.8 Å². The zero-order chi connectivity index (χ0) is 14.7. The van der Waals surface area contributed by atoms with Gasteiger partial charge in [-0.15, -0.1) is 11.3 Å². The van der Waals surface area contributed by atoms with Crippen LogP contribution < -0.4 is 5.32 Å². The molecule has 1 aromatic carbocycles. The maximum absolute atomic E-state index is 10.6. The minimum atomic E-state index is -0.400. The molecule has 1 unspecified atom stereocenters. The van der Waals surface area contributed by atoms with Crippen LogP contribution in [0, 0.1) is 10.1 Å². The number of rotatable bonds is 5. The molecule has 20 heavy (non-hydrogen) atoms. The highest BCUT2D eigenvalue weighted by molar-refractivity contribution is 7.09. The zero-order valence-electron chi connectivity index (χ0n) is 11.7. The standard InChI is InChI=1S/C14H17N3O2S/c1-9(2)14-16-13(8-20-14)10(3)15-11-4-6-12(7-5-11)17(18)19/h4-10,15H,1-3H3. The van der Waals surface area contributed by atoms with E-state index in [1.807, 2.05) is 6.92 Å². The lowest BCUT2D eigenvalue weighted by Crippen LogP contribution is -2.07. The fraction of sp³-hybridized carbons (Fsp3) is 0.357. The van der Waals surface area contributed by atoms with E-state index in [0.717, 1.165) is 16.4 Å². The number of thiazole rings is 1. The summed E-state index contributed by atoms with van der Waals surface area (Å²) in [6.07, 6.45) is 0. The van der Waals surface area contributed by atoms with Gasteiger partial charge in [-0.2, -0.15) is 0 Å². The Morgan fingerprint density at radius 3 is 2.40 bits per heavy atom. The molecule has 0 spiro atoms. The fourth-order valence-corrected chi connectivity index (χ4v) is 2.70. The number of hydrogen-bond donors (Lipinski definition) is 1. The Morgan fingerprint density at radius 2 is 1.90 bits per heavy atom. The van der Waals surface area contributed by atoms with Crippen molar-refractivity contribution in [3.05, 3.63) is 50.5 Å². The molecule has 1 atom stereocenters. The molecular formula is C14H17N3O2S. The average molecular weight is 291 g/mol. The first kappa shape index (κ1) is 14.5. The third-order valence-corrected chi connectivity index (χ3v) is 4.10. The molecule has 0 amide bonds. The summed E-state index contributed by atoms with van der Waals surface area (Å²) in [6.45, 7) is 6.27. The topological polar surface area (TPSA) is 68.1 Å².